The molecule has 0 unspecified atom stereocenters. The van der Waals surface area contributed by atoms with Crippen LogP contribution < -0.4 is 10.6 Å². The van der Waals surface area contributed by atoms with Crippen LogP contribution in [0.2, 0.25) is 0 Å². The molecule has 0 aliphatic heterocycles. The normalized spacial score (nSPS) is 11.2. The SMILES string of the molecule is CCc1ccsc1CNc1nnc(CNC(C)C)o1. The Hall–Kier alpha value is -1.40. The number of nitrogens with zero attached hydrogens (tertiary/aromatic N) is 2. The predicted octanol–water partition coefficient (Wildman–Crippen LogP) is 2.80. The molecule has 2 rings (SSSR count). The Labute approximate surface area is 117 Å². The lowest BCUT2D eigenvalue weighted by molar-refractivity contribution is 0.458. The lowest BCUT2D eigenvalue weighted by Gasteiger charge is -2.04. The van der Waals surface area contributed by atoms with E-state index in [0.29, 0.717) is 24.5 Å². The maximum atomic E-state index is 5.51. The van der Waals surface area contributed by atoms with Crippen LogP contribution in [-0.2, 0) is 19.5 Å². The van der Waals surface area contributed by atoms with Gasteiger partial charge in [0.05, 0.1) is 13.1 Å². The molecule has 0 bridgehead atoms. The summed E-state index contributed by atoms with van der Waals surface area (Å²) in [5.41, 5.74) is 1.37. The Kier molecular flexibility index (Phi) is 4.93. The summed E-state index contributed by atoms with van der Waals surface area (Å²) in [7, 11) is 0. The monoisotopic (exact) mass is 280 g/mol. The molecule has 0 aromatic carbocycles. The highest BCUT2D eigenvalue weighted by Gasteiger charge is 2.07. The first-order valence-electron chi connectivity index (χ1n) is 6.54. The second-order valence-corrected chi connectivity index (χ2v) is 5.61. The van der Waals surface area contributed by atoms with Crippen LogP contribution in [0.1, 0.15) is 37.1 Å². The second-order valence-electron chi connectivity index (χ2n) is 4.61. The Morgan fingerprint density at radius 2 is 2.16 bits per heavy atom. The van der Waals surface area contributed by atoms with Crippen LogP contribution in [0.4, 0.5) is 6.01 Å². The first kappa shape index (κ1) is 14.0. The molecule has 104 valence electrons. The Morgan fingerprint density at radius 3 is 2.89 bits per heavy atom. The van der Waals surface area contributed by atoms with Gasteiger partial charge < -0.3 is 15.1 Å². The quantitative estimate of drug-likeness (QED) is 0.816. The number of aryl methyl sites for hydroxylation is 1. The van der Waals surface area contributed by atoms with E-state index in [1.807, 2.05) is 0 Å². The van der Waals surface area contributed by atoms with Gasteiger partial charge in [0, 0.05) is 10.9 Å². The molecule has 0 amide bonds. The maximum Gasteiger partial charge on any atom is 0.315 e. The molecule has 0 aliphatic carbocycles. The van der Waals surface area contributed by atoms with Gasteiger partial charge in [-0.2, -0.15) is 0 Å². The van der Waals surface area contributed by atoms with E-state index in [2.05, 4.69) is 53.0 Å². The van der Waals surface area contributed by atoms with Crippen molar-refractivity contribution < 1.29 is 4.42 Å². The van der Waals surface area contributed by atoms with Crippen LogP contribution >= 0.6 is 11.3 Å². The van der Waals surface area contributed by atoms with Crippen LogP contribution in [-0.4, -0.2) is 16.2 Å². The van der Waals surface area contributed by atoms with Crippen molar-refractivity contribution in [2.45, 2.75) is 46.3 Å². The number of aromatic nitrogens is 2. The van der Waals surface area contributed by atoms with E-state index in [-0.39, 0.29) is 0 Å². The molecular formula is C13H20N4OS. The van der Waals surface area contributed by atoms with E-state index >= 15 is 0 Å². The highest BCUT2D eigenvalue weighted by Crippen LogP contribution is 2.18. The van der Waals surface area contributed by atoms with E-state index in [1.54, 1.807) is 11.3 Å². The molecule has 2 N–H and O–H groups in total. The molecule has 0 aliphatic rings. The van der Waals surface area contributed by atoms with Gasteiger partial charge in [0.15, 0.2) is 0 Å². The highest BCUT2D eigenvalue weighted by atomic mass is 32.1. The summed E-state index contributed by atoms with van der Waals surface area (Å²) in [5, 5.41) is 16.5. The zero-order chi connectivity index (χ0) is 13.7. The Bertz CT molecular complexity index is 506. The van der Waals surface area contributed by atoms with Crippen molar-refractivity contribution in [2.24, 2.45) is 0 Å². The number of hydrogen-bond acceptors (Lipinski definition) is 6. The summed E-state index contributed by atoms with van der Waals surface area (Å²) in [5.74, 6) is 0.609. The van der Waals surface area contributed by atoms with Crippen LogP contribution in [0.3, 0.4) is 0 Å². The molecule has 0 spiro atoms. The Morgan fingerprint density at radius 1 is 1.32 bits per heavy atom. The van der Waals surface area contributed by atoms with Gasteiger partial charge >= 0.3 is 6.01 Å². The van der Waals surface area contributed by atoms with Gasteiger partial charge in [0.1, 0.15) is 0 Å². The van der Waals surface area contributed by atoms with Crippen molar-refractivity contribution in [2.75, 3.05) is 5.32 Å². The minimum absolute atomic E-state index is 0.404. The van der Waals surface area contributed by atoms with Crippen LogP contribution in [0.5, 0.6) is 0 Å². The molecule has 0 radical (unpaired) electrons. The molecule has 5 nitrogen and oxygen atoms in total. The van der Waals surface area contributed by atoms with Crippen molar-refractivity contribution in [1.82, 2.24) is 15.5 Å². The van der Waals surface area contributed by atoms with E-state index in [4.69, 9.17) is 4.42 Å². The van der Waals surface area contributed by atoms with Gasteiger partial charge in [0.25, 0.3) is 0 Å². The standard InChI is InChI=1S/C13H20N4OS/c1-4-10-5-6-19-11(10)7-15-13-17-16-12(18-13)8-14-9(2)3/h5-6,9,14H,4,7-8H2,1-3H3,(H,15,17). The minimum Gasteiger partial charge on any atom is -0.407 e. The maximum absolute atomic E-state index is 5.51. The van der Waals surface area contributed by atoms with E-state index < -0.39 is 0 Å². The largest absolute Gasteiger partial charge is 0.407 e. The number of anilines is 1. The van der Waals surface area contributed by atoms with E-state index in [9.17, 15) is 0 Å². The third kappa shape index (κ3) is 4.04. The second kappa shape index (κ2) is 6.68. The summed E-state index contributed by atoms with van der Waals surface area (Å²) < 4.78 is 5.51. The molecule has 2 aromatic heterocycles. The van der Waals surface area contributed by atoms with Crippen molar-refractivity contribution in [3.63, 3.8) is 0 Å². The summed E-state index contributed by atoms with van der Waals surface area (Å²) in [6.45, 7) is 7.66. The predicted molar refractivity (Wildman–Crippen MR) is 77.3 cm³/mol. The molecular weight excluding hydrogens is 260 g/mol. The summed E-state index contributed by atoms with van der Waals surface area (Å²) in [6, 6.07) is 3.05. The average molecular weight is 280 g/mol. The van der Waals surface area contributed by atoms with Crippen LogP contribution in [0, 0.1) is 0 Å². The fraction of sp³-hybridized carbons (Fsp3) is 0.538. The van der Waals surface area contributed by atoms with Gasteiger partial charge in [-0.15, -0.1) is 16.4 Å². The summed E-state index contributed by atoms with van der Waals surface area (Å²) in [4.78, 5) is 1.32. The number of hydrogen-bond donors (Lipinski definition) is 2. The fourth-order valence-electron chi connectivity index (χ4n) is 1.68. The van der Waals surface area contributed by atoms with Crippen molar-refractivity contribution in [1.29, 1.82) is 0 Å². The Balaban J connectivity index is 1.86. The summed E-state index contributed by atoms with van der Waals surface area (Å²) in [6.07, 6.45) is 1.05. The molecule has 0 atom stereocenters. The molecule has 0 fully saturated rings. The first-order chi connectivity index (χ1) is 9.19. The third-order valence-electron chi connectivity index (χ3n) is 2.75. The number of rotatable bonds is 7. The van der Waals surface area contributed by atoms with E-state index in [0.717, 1.165) is 13.0 Å². The molecule has 2 aromatic rings. The first-order valence-corrected chi connectivity index (χ1v) is 7.42. The number of thiophene rings is 1. The average Bonchev–Trinajstić information content (AvgIpc) is 3.02. The van der Waals surface area contributed by atoms with Crippen LogP contribution in [0.25, 0.3) is 0 Å². The third-order valence-corrected chi connectivity index (χ3v) is 3.71. The zero-order valence-electron chi connectivity index (χ0n) is 11.6. The van der Waals surface area contributed by atoms with Gasteiger partial charge in [-0.1, -0.05) is 25.9 Å². The number of nitrogens with one attached hydrogen (secondary N) is 2. The van der Waals surface area contributed by atoms with E-state index in [1.165, 1.54) is 10.4 Å². The molecule has 6 heteroatoms. The minimum atomic E-state index is 0.404. The van der Waals surface area contributed by atoms with Gasteiger partial charge in [0.2, 0.25) is 5.89 Å². The molecule has 0 saturated carbocycles. The van der Waals surface area contributed by atoms with Gasteiger partial charge in [-0.25, -0.2) is 0 Å². The lowest BCUT2D eigenvalue weighted by atomic mass is 10.2. The topological polar surface area (TPSA) is 63.0 Å². The molecule has 0 saturated heterocycles. The lowest BCUT2D eigenvalue weighted by Crippen LogP contribution is -2.21. The molecule has 2 heterocycles. The molecule has 19 heavy (non-hydrogen) atoms. The van der Waals surface area contributed by atoms with Gasteiger partial charge in [-0.05, 0) is 23.4 Å². The zero-order valence-corrected chi connectivity index (χ0v) is 12.4. The van der Waals surface area contributed by atoms with Crippen molar-refractivity contribution >= 4 is 17.4 Å². The van der Waals surface area contributed by atoms with Crippen molar-refractivity contribution in [3.8, 4) is 0 Å². The van der Waals surface area contributed by atoms with Crippen molar-refractivity contribution in [3.05, 3.63) is 27.8 Å². The van der Waals surface area contributed by atoms with Gasteiger partial charge in [-0.3, -0.25) is 0 Å². The summed E-state index contributed by atoms with van der Waals surface area (Å²) >= 11 is 1.75. The highest BCUT2D eigenvalue weighted by molar-refractivity contribution is 7.10. The fourth-order valence-corrected chi connectivity index (χ4v) is 2.60. The van der Waals surface area contributed by atoms with Crippen LogP contribution in [0.15, 0.2) is 15.9 Å². The smallest absolute Gasteiger partial charge is 0.315 e.